The van der Waals surface area contributed by atoms with E-state index >= 15 is 0 Å². The summed E-state index contributed by atoms with van der Waals surface area (Å²) in [6, 6.07) is 20.9. The zero-order valence-electron chi connectivity index (χ0n) is 15.9. The molecule has 1 aliphatic heterocycles. The summed E-state index contributed by atoms with van der Waals surface area (Å²) in [6.07, 6.45) is 2.28. The number of amides is 1. The number of nitrogens with one attached hydrogen (secondary N) is 1. The molecule has 0 atom stereocenters. The second kappa shape index (κ2) is 8.53. The molecule has 1 heterocycles. The monoisotopic (exact) mass is 376 g/mol. The standard InChI is InChI=1S/C24H25FN2O/c25-21-10-8-20(9-11-21)24(28)26-14-17-27-15-12-19(13-16-27)23-7-3-5-18-4-1-2-6-22(18)23/h1-11,19H,12-17H2,(H,26,28). The van der Waals surface area contributed by atoms with E-state index in [9.17, 15) is 9.18 Å². The van der Waals surface area contributed by atoms with E-state index in [1.54, 1.807) is 0 Å². The van der Waals surface area contributed by atoms with Crippen molar-refractivity contribution >= 4 is 16.7 Å². The number of rotatable bonds is 5. The molecule has 0 unspecified atom stereocenters. The topological polar surface area (TPSA) is 32.3 Å². The lowest BCUT2D eigenvalue weighted by molar-refractivity contribution is 0.0945. The quantitative estimate of drug-likeness (QED) is 0.706. The number of hydrogen-bond donors (Lipinski definition) is 1. The third-order valence-corrected chi connectivity index (χ3v) is 5.67. The molecule has 1 saturated heterocycles. The van der Waals surface area contributed by atoms with Gasteiger partial charge in [-0.1, -0.05) is 42.5 Å². The number of likely N-dealkylation sites (tertiary alicyclic amines) is 1. The Labute approximate surface area is 165 Å². The summed E-state index contributed by atoms with van der Waals surface area (Å²) in [5.74, 6) is 0.118. The van der Waals surface area contributed by atoms with Crippen LogP contribution in [0.5, 0.6) is 0 Å². The van der Waals surface area contributed by atoms with Crippen LogP contribution in [0.1, 0.15) is 34.7 Å². The molecule has 3 aromatic carbocycles. The van der Waals surface area contributed by atoms with Crippen LogP contribution < -0.4 is 5.32 Å². The number of piperidine rings is 1. The average Bonchev–Trinajstić information content (AvgIpc) is 2.74. The molecule has 1 amide bonds. The zero-order chi connectivity index (χ0) is 19.3. The van der Waals surface area contributed by atoms with Crippen LogP contribution in [0, 0.1) is 5.82 Å². The summed E-state index contributed by atoms with van der Waals surface area (Å²) in [4.78, 5) is 14.5. The lowest BCUT2D eigenvalue weighted by atomic mass is 9.86. The number of hydrogen-bond acceptors (Lipinski definition) is 2. The number of halogens is 1. The molecule has 0 bridgehead atoms. The Balaban J connectivity index is 1.27. The number of benzene rings is 3. The Morgan fingerprint density at radius 2 is 1.68 bits per heavy atom. The molecule has 1 fully saturated rings. The van der Waals surface area contributed by atoms with Crippen molar-refractivity contribution in [2.45, 2.75) is 18.8 Å². The third kappa shape index (κ3) is 4.23. The van der Waals surface area contributed by atoms with Gasteiger partial charge in [0.25, 0.3) is 5.91 Å². The van der Waals surface area contributed by atoms with E-state index in [0.717, 1.165) is 32.5 Å². The van der Waals surface area contributed by atoms with Crippen LogP contribution in [0.3, 0.4) is 0 Å². The summed E-state index contributed by atoms with van der Waals surface area (Å²) >= 11 is 0. The van der Waals surface area contributed by atoms with Crippen molar-refractivity contribution in [3.63, 3.8) is 0 Å². The van der Waals surface area contributed by atoms with Crippen molar-refractivity contribution in [1.29, 1.82) is 0 Å². The molecule has 0 aliphatic carbocycles. The summed E-state index contributed by atoms with van der Waals surface area (Å²) in [6.45, 7) is 3.53. The van der Waals surface area contributed by atoms with E-state index in [1.165, 1.54) is 40.6 Å². The molecule has 4 heteroatoms. The van der Waals surface area contributed by atoms with E-state index in [4.69, 9.17) is 0 Å². The average molecular weight is 376 g/mol. The molecule has 28 heavy (non-hydrogen) atoms. The first-order chi connectivity index (χ1) is 13.7. The van der Waals surface area contributed by atoms with Gasteiger partial charge < -0.3 is 10.2 Å². The number of carbonyl (C=O) groups is 1. The first kappa shape index (κ1) is 18.6. The van der Waals surface area contributed by atoms with Crippen LogP contribution in [0.4, 0.5) is 4.39 Å². The molecule has 1 N–H and O–H groups in total. The Hall–Kier alpha value is -2.72. The van der Waals surface area contributed by atoms with Crippen LogP contribution in [-0.2, 0) is 0 Å². The van der Waals surface area contributed by atoms with Crippen LogP contribution in [0.15, 0.2) is 66.7 Å². The van der Waals surface area contributed by atoms with Gasteiger partial charge in [0.15, 0.2) is 0 Å². The van der Waals surface area contributed by atoms with Gasteiger partial charge in [-0.15, -0.1) is 0 Å². The van der Waals surface area contributed by atoms with Crippen LogP contribution in [0.2, 0.25) is 0 Å². The highest BCUT2D eigenvalue weighted by Gasteiger charge is 2.21. The fourth-order valence-corrected chi connectivity index (χ4v) is 4.10. The lowest BCUT2D eigenvalue weighted by Gasteiger charge is -2.32. The maximum Gasteiger partial charge on any atom is 0.251 e. The largest absolute Gasteiger partial charge is 0.351 e. The van der Waals surface area contributed by atoms with Crippen LogP contribution in [-0.4, -0.2) is 37.0 Å². The Bertz CT molecular complexity index is 941. The second-order valence-corrected chi connectivity index (χ2v) is 7.45. The van der Waals surface area contributed by atoms with Gasteiger partial charge in [0.1, 0.15) is 5.82 Å². The Morgan fingerprint density at radius 3 is 2.46 bits per heavy atom. The number of nitrogens with zero attached hydrogens (tertiary/aromatic N) is 1. The molecular formula is C24H25FN2O. The summed E-state index contributed by atoms with van der Waals surface area (Å²) in [5, 5.41) is 5.61. The Morgan fingerprint density at radius 1 is 0.964 bits per heavy atom. The van der Waals surface area contributed by atoms with Gasteiger partial charge in [-0.25, -0.2) is 4.39 Å². The smallest absolute Gasteiger partial charge is 0.251 e. The van der Waals surface area contributed by atoms with E-state index in [1.807, 2.05) is 0 Å². The molecule has 3 aromatic rings. The molecule has 4 rings (SSSR count). The maximum absolute atomic E-state index is 12.9. The first-order valence-electron chi connectivity index (χ1n) is 9.94. The van der Waals surface area contributed by atoms with Gasteiger partial charge in [-0.3, -0.25) is 4.79 Å². The fourth-order valence-electron chi connectivity index (χ4n) is 4.10. The molecule has 3 nitrogen and oxygen atoms in total. The third-order valence-electron chi connectivity index (χ3n) is 5.67. The van der Waals surface area contributed by atoms with Gasteiger partial charge >= 0.3 is 0 Å². The fraction of sp³-hybridized carbons (Fsp3) is 0.292. The maximum atomic E-state index is 12.9. The lowest BCUT2D eigenvalue weighted by Crippen LogP contribution is -2.39. The van der Waals surface area contributed by atoms with Crippen LogP contribution in [0.25, 0.3) is 10.8 Å². The number of carbonyl (C=O) groups excluding carboxylic acids is 1. The highest BCUT2D eigenvalue weighted by Crippen LogP contribution is 2.32. The molecular weight excluding hydrogens is 351 g/mol. The SMILES string of the molecule is O=C(NCCN1CCC(c2cccc3ccccc23)CC1)c1ccc(F)cc1. The van der Waals surface area contributed by atoms with Crippen LogP contribution >= 0.6 is 0 Å². The molecule has 0 aromatic heterocycles. The summed E-state index contributed by atoms with van der Waals surface area (Å²) in [7, 11) is 0. The minimum absolute atomic E-state index is 0.148. The minimum atomic E-state index is -0.328. The van der Waals surface area contributed by atoms with Gasteiger partial charge in [0.05, 0.1) is 0 Å². The predicted octanol–water partition coefficient (Wildman–Crippen LogP) is 4.59. The van der Waals surface area contributed by atoms with E-state index < -0.39 is 0 Å². The highest BCUT2D eigenvalue weighted by atomic mass is 19.1. The van der Waals surface area contributed by atoms with Gasteiger partial charge in [-0.2, -0.15) is 0 Å². The van der Waals surface area contributed by atoms with Gasteiger partial charge in [-0.05, 0) is 72.5 Å². The molecule has 0 radical (unpaired) electrons. The zero-order valence-corrected chi connectivity index (χ0v) is 15.9. The van der Waals surface area contributed by atoms with Crippen molar-refractivity contribution < 1.29 is 9.18 Å². The van der Waals surface area contributed by atoms with Gasteiger partial charge in [0.2, 0.25) is 0 Å². The number of fused-ring (bicyclic) bond motifs is 1. The van der Waals surface area contributed by atoms with Crippen molar-refractivity contribution in [1.82, 2.24) is 10.2 Å². The van der Waals surface area contributed by atoms with E-state index in [-0.39, 0.29) is 11.7 Å². The van der Waals surface area contributed by atoms with E-state index in [2.05, 4.69) is 52.7 Å². The van der Waals surface area contributed by atoms with Crippen molar-refractivity contribution in [3.05, 3.63) is 83.7 Å². The van der Waals surface area contributed by atoms with Crippen molar-refractivity contribution in [3.8, 4) is 0 Å². The van der Waals surface area contributed by atoms with Crippen molar-refractivity contribution in [2.75, 3.05) is 26.2 Å². The molecule has 144 valence electrons. The van der Waals surface area contributed by atoms with Gasteiger partial charge in [0, 0.05) is 18.7 Å². The summed E-state index contributed by atoms with van der Waals surface area (Å²) < 4.78 is 12.9. The molecule has 0 spiro atoms. The highest BCUT2D eigenvalue weighted by molar-refractivity contribution is 5.94. The molecule has 1 aliphatic rings. The summed E-state index contributed by atoms with van der Waals surface area (Å²) in [5.41, 5.74) is 1.96. The first-order valence-corrected chi connectivity index (χ1v) is 9.94. The second-order valence-electron chi connectivity index (χ2n) is 7.45. The van der Waals surface area contributed by atoms with Crippen molar-refractivity contribution in [2.24, 2.45) is 0 Å². The minimum Gasteiger partial charge on any atom is -0.351 e. The van der Waals surface area contributed by atoms with E-state index in [0.29, 0.717) is 18.0 Å². The normalized spacial score (nSPS) is 15.6. The Kier molecular flexibility index (Phi) is 5.68. The molecule has 0 saturated carbocycles. The predicted molar refractivity (Wildman–Crippen MR) is 111 cm³/mol.